The lowest BCUT2D eigenvalue weighted by atomic mass is 10.0. The fourth-order valence-corrected chi connectivity index (χ4v) is 6.23. The largest absolute Gasteiger partial charge is 0.486 e. The minimum Gasteiger partial charge on any atom is -0.486 e. The van der Waals surface area contributed by atoms with Crippen molar-refractivity contribution in [2.75, 3.05) is 36.6 Å². The summed E-state index contributed by atoms with van der Waals surface area (Å²) in [6, 6.07) is 11.1. The molecule has 0 saturated carbocycles. The number of hydrazine groups is 1. The molecule has 232 valence electrons. The highest BCUT2D eigenvalue weighted by Crippen LogP contribution is 2.47. The molecule has 6 rings (SSSR count). The van der Waals surface area contributed by atoms with Gasteiger partial charge in [-0.15, -0.1) is 4.83 Å². The van der Waals surface area contributed by atoms with E-state index in [1.165, 1.54) is 40.8 Å². The van der Waals surface area contributed by atoms with Crippen LogP contribution in [0.15, 0.2) is 76.4 Å². The van der Waals surface area contributed by atoms with E-state index in [0.717, 1.165) is 31.5 Å². The summed E-state index contributed by atoms with van der Waals surface area (Å²) in [5.74, 6) is -0.207. The smallest absolute Gasteiger partial charge is 0.257 e. The van der Waals surface area contributed by atoms with Crippen molar-refractivity contribution in [1.82, 2.24) is 25.0 Å². The molecule has 1 aromatic heterocycles. The molecule has 2 aromatic carbocycles. The SMILES string of the molecule is N#CN1C=Nc2cc(OC3CCOC3)c(NC(=O)C=C3CCNCC3)c(N(NS(=O)(=O)c3ccccc3)c3ncccn3)c2C1. The first-order chi connectivity index (χ1) is 21.9. The molecule has 0 radical (unpaired) electrons. The van der Waals surface area contributed by atoms with Crippen LogP contribution in [0.2, 0.25) is 0 Å². The van der Waals surface area contributed by atoms with Crippen molar-refractivity contribution in [3.63, 3.8) is 0 Å². The van der Waals surface area contributed by atoms with Crippen molar-refractivity contribution in [2.45, 2.75) is 36.8 Å². The first kappa shape index (κ1) is 30.2. The maximum absolute atomic E-state index is 13.8. The van der Waals surface area contributed by atoms with Gasteiger partial charge in [-0.2, -0.15) is 5.26 Å². The van der Waals surface area contributed by atoms with Crippen LogP contribution in [0, 0.1) is 11.5 Å². The molecule has 4 heterocycles. The van der Waals surface area contributed by atoms with E-state index in [1.807, 2.05) is 0 Å². The fourth-order valence-electron chi connectivity index (χ4n) is 5.20. The number of nitrogens with one attached hydrogen (secondary N) is 3. The van der Waals surface area contributed by atoms with Crippen LogP contribution >= 0.6 is 0 Å². The molecular weight excluding hydrogens is 598 g/mol. The molecule has 14 nitrogen and oxygen atoms in total. The van der Waals surface area contributed by atoms with Crippen molar-refractivity contribution in [2.24, 2.45) is 4.99 Å². The first-order valence-electron chi connectivity index (χ1n) is 14.4. The van der Waals surface area contributed by atoms with E-state index in [9.17, 15) is 18.5 Å². The van der Waals surface area contributed by atoms with Crippen molar-refractivity contribution in [3.8, 4) is 11.9 Å². The second kappa shape index (κ2) is 13.4. The second-order valence-corrected chi connectivity index (χ2v) is 12.2. The number of rotatable bonds is 9. The van der Waals surface area contributed by atoms with E-state index < -0.39 is 15.9 Å². The van der Waals surface area contributed by atoms with Crippen LogP contribution in [0.4, 0.5) is 23.0 Å². The maximum Gasteiger partial charge on any atom is 0.257 e. The normalized spacial score (nSPS) is 17.7. The Morgan fingerprint density at radius 2 is 1.96 bits per heavy atom. The number of carbonyl (C=O) groups excluding carboxylic acids is 1. The monoisotopic (exact) mass is 629 g/mol. The lowest BCUT2D eigenvalue weighted by Crippen LogP contribution is -2.41. The standard InChI is InChI=1S/C30H31N9O5S/c31-19-38-17-24-25(35-20-38)16-26(44-22-9-14-43-18-22)28(36-27(40)15-21-7-12-32-13-8-21)29(24)39(30-33-10-4-11-34-30)37-45(41,42)23-5-2-1-3-6-23/h1-6,10-11,15-16,20,22,32,37H,7-9,12-14,17-18H2,(H,36,40). The van der Waals surface area contributed by atoms with Crippen molar-refractivity contribution >= 4 is 45.3 Å². The van der Waals surface area contributed by atoms with Gasteiger partial charge >= 0.3 is 0 Å². The molecule has 15 heteroatoms. The van der Waals surface area contributed by atoms with Gasteiger partial charge in [0.1, 0.15) is 23.9 Å². The molecule has 2 fully saturated rings. The summed E-state index contributed by atoms with van der Waals surface area (Å²) in [4.78, 5) is 30.7. The van der Waals surface area contributed by atoms with E-state index in [2.05, 4.69) is 36.6 Å². The molecular formula is C30H31N9O5S. The Kier molecular flexibility index (Phi) is 8.98. The Morgan fingerprint density at radius 1 is 1.18 bits per heavy atom. The zero-order chi connectivity index (χ0) is 31.2. The minimum absolute atomic E-state index is 0.00629. The molecule has 3 aromatic rings. The number of hydrogen-bond acceptors (Lipinski definition) is 12. The summed E-state index contributed by atoms with van der Waals surface area (Å²) >= 11 is 0. The summed E-state index contributed by atoms with van der Waals surface area (Å²) in [6.45, 7) is 2.40. The predicted molar refractivity (Wildman–Crippen MR) is 165 cm³/mol. The number of nitriles is 1. The zero-order valence-electron chi connectivity index (χ0n) is 24.2. The van der Waals surface area contributed by atoms with Gasteiger partial charge in [-0.05, 0) is 44.1 Å². The van der Waals surface area contributed by atoms with Crippen LogP contribution in [0.5, 0.6) is 5.75 Å². The number of amides is 1. The van der Waals surface area contributed by atoms with Gasteiger partial charge in [-0.25, -0.2) is 28.4 Å². The number of nitrogens with zero attached hydrogens (tertiary/aromatic N) is 6. The van der Waals surface area contributed by atoms with Gasteiger partial charge < -0.3 is 20.1 Å². The summed E-state index contributed by atoms with van der Waals surface area (Å²) in [5.41, 5.74) is 2.14. The van der Waals surface area contributed by atoms with E-state index in [1.54, 1.807) is 36.4 Å². The Bertz CT molecular complexity index is 1750. The number of carbonyl (C=O) groups is 1. The first-order valence-corrected chi connectivity index (χ1v) is 15.9. The minimum atomic E-state index is -4.22. The number of benzene rings is 2. The van der Waals surface area contributed by atoms with Gasteiger partial charge in [-0.1, -0.05) is 23.8 Å². The third-order valence-electron chi connectivity index (χ3n) is 7.39. The van der Waals surface area contributed by atoms with E-state index >= 15 is 0 Å². The lowest BCUT2D eigenvalue weighted by molar-refractivity contribution is -0.112. The average molecular weight is 630 g/mol. The van der Waals surface area contributed by atoms with Crippen molar-refractivity contribution in [3.05, 3.63) is 72.1 Å². The molecule has 2 saturated heterocycles. The lowest BCUT2D eigenvalue weighted by Gasteiger charge is -2.31. The molecule has 3 aliphatic heterocycles. The average Bonchev–Trinajstić information content (AvgIpc) is 3.58. The van der Waals surface area contributed by atoms with E-state index in [0.29, 0.717) is 30.9 Å². The fraction of sp³-hybridized carbons (Fsp3) is 0.300. The van der Waals surface area contributed by atoms with Crippen molar-refractivity contribution in [1.29, 1.82) is 5.26 Å². The topological polar surface area (TPSA) is 174 Å². The van der Waals surface area contributed by atoms with E-state index in [4.69, 9.17) is 9.47 Å². The summed E-state index contributed by atoms with van der Waals surface area (Å²) < 4.78 is 39.5. The highest BCUT2D eigenvalue weighted by atomic mass is 32.2. The molecule has 0 aliphatic carbocycles. The van der Waals surface area contributed by atoms with Gasteiger partial charge in [0.05, 0.1) is 36.0 Å². The number of aliphatic imine (C=N–C) groups is 1. The predicted octanol–water partition coefficient (Wildman–Crippen LogP) is 2.88. The Hall–Kier alpha value is -4.88. The molecule has 1 amide bonds. The Labute approximate surface area is 260 Å². The third kappa shape index (κ3) is 6.94. The van der Waals surface area contributed by atoms with Gasteiger partial charge in [-0.3, -0.25) is 9.69 Å². The molecule has 3 N–H and O–H groups in total. The number of anilines is 3. The highest BCUT2D eigenvalue weighted by molar-refractivity contribution is 7.89. The number of sulfonamides is 1. The molecule has 1 atom stereocenters. The number of ether oxygens (including phenoxy) is 2. The highest BCUT2D eigenvalue weighted by Gasteiger charge is 2.33. The van der Waals surface area contributed by atoms with Crippen LogP contribution in [0.25, 0.3) is 0 Å². The van der Waals surface area contributed by atoms with Crippen LogP contribution in [0.3, 0.4) is 0 Å². The molecule has 45 heavy (non-hydrogen) atoms. The van der Waals surface area contributed by atoms with Gasteiger partial charge in [0.15, 0.2) is 6.19 Å². The van der Waals surface area contributed by atoms with Gasteiger partial charge in [0.25, 0.3) is 10.0 Å². The third-order valence-corrected chi connectivity index (χ3v) is 8.71. The number of aromatic nitrogens is 2. The number of fused-ring (bicyclic) bond motifs is 1. The summed E-state index contributed by atoms with van der Waals surface area (Å²) in [5, 5.41) is 17.2. The summed E-state index contributed by atoms with van der Waals surface area (Å²) in [6.07, 6.45) is 9.68. The Morgan fingerprint density at radius 3 is 2.67 bits per heavy atom. The molecule has 1 unspecified atom stereocenters. The maximum atomic E-state index is 13.8. The molecule has 3 aliphatic rings. The summed E-state index contributed by atoms with van der Waals surface area (Å²) in [7, 11) is -4.22. The molecule has 0 bridgehead atoms. The van der Waals surface area contributed by atoms with Gasteiger partial charge in [0, 0.05) is 36.5 Å². The van der Waals surface area contributed by atoms with Crippen LogP contribution in [-0.4, -0.2) is 67.9 Å². The quantitative estimate of drug-likeness (QED) is 0.180. The van der Waals surface area contributed by atoms with Gasteiger partial charge in [0.2, 0.25) is 11.9 Å². The second-order valence-electron chi connectivity index (χ2n) is 10.5. The van der Waals surface area contributed by atoms with Crippen LogP contribution in [-0.2, 0) is 26.1 Å². The number of piperidine rings is 1. The van der Waals surface area contributed by atoms with Crippen LogP contribution in [0.1, 0.15) is 24.8 Å². The zero-order valence-corrected chi connectivity index (χ0v) is 25.0. The van der Waals surface area contributed by atoms with Crippen LogP contribution < -0.4 is 25.2 Å². The number of hydrogen-bond donors (Lipinski definition) is 3. The van der Waals surface area contributed by atoms with Crippen molar-refractivity contribution < 1.29 is 22.7 Å². The molecule has 0 spiro atoms. The van der Waals surface area contributed by atoms with E-state index in [-0.39, 0.29) is 40.6 Å². The Balaban J connectivity index is 1.55.